The van der Waals surface area contributed by atoms with E-state index in [0.717, 1.165) is 0 Å². The average Bonchev–Trinajstić information content (AvgIpc) is 3.10. The number of carbonyl (C=O) groups is 1. The summed E-state index contributed by atoms with van der Waals surface area (Å²) in [7, 11) is 0. The van der Waals surface area contributed by atoms with Crippen LogP contribution in [0.1, 0.15) is 13.8 Å². The Bertz CT molecular complexity index is 1100. The molecule has 0 bridgehead atoms. The fourth-order valence-electron chi connectivity index (χ4n) is 3.37. The number of nitrogens with one attached hydrogen (secondary N) is 1. The van der Waals surface area contributed by atoms with Crippen molar-refractivity contribution in [2.24, 2.45) is 0 Å². The van der Waals surface area contributed by atoms with Gasteiger partial charge in [-0.15, -0.1) is 0 Å². The molecule has 2 atom stereocenters. The van der Waals surface area contributed by atoms with Gasteiger partial charge in [0.05, 0.1) is 29.8 Å². The Hall–Kier alpha value is -2.36. The Morgan fingerprint density at radius 2 is 2.10 bits per heavy atom. The molecule has 1 N–H and O–H groups in total. The van der Waals surface area contributed by atoms with Gasteiger partial charge in [-0.05, 0) is 32.0 Å². The van der Waals surface area contributed by atoms with Crippen molar-refractivity contribution in [3.63, 3.8) is 0 Å². The number of thioether (sulfide) groups is 1. The van der Waals surface area contributed by atoms with Crippen LogP contribution in [0.5, 0.6) is 0 Å². The highest BCUT2D eigenvalue weighted by Crippen LogP contribution is 2.21. The first-order chi connectivity index (χ1) is 13.9. The number of morpholine rings is 1. The van der Waals surface area contributed by atoms with Gasteiger partial charge in [-0.25, -0.2) is 9.67 Å². The third-order valence-electron chi connectivity index (χ3n) is 4.57. The highest BCUT2D eigenvalue weighted by molar-refractivity contribution is 7.99. The lowest BCUT2D eigenvalue weighted by molar-refractivity contribution is -0.140. The maximum absolute atomic E-state index is 12.6. The summed E-state index contributed by atoms with van der Waals surface area (Å²) in [6, 6.07) is 7.14. The van der Waals surface area contributed by atoms with Crippen molar-refractivity contribution >= 4 is 40.3 Å². The Morgan fingerprint density at radius 3 is 2.83 bits per heavy atom. The molecule has 0 radical (unpaired) electrons. The Kier molecular flexibility index (Phi) is 5.62. The van der Waals surface area contributed by atoms with Gasteiger partial charge >= 0.3 is 0 Å². The van der Waals surface area contributed by atoms with Crippen molar-refractivity contribution in [1.29, 1.82) is 0 Å². The summed E-state index contributed by atoms with van der Waals surface area (Å²) in [5.41, 5.74) is 0.820. The number of amides is 1. The van der Waals surface area contributed by atoms with Crippen molar-refractivity contribution in [1.82, 2.24) is 24.6 Å². The summed E-state index contributed by atoms with van der Waals surface area (Å²) in [5.74, 6) is 0.169. The monoisotopic (exact) mass is 433 g/mol. The zero-order valence-corrected chi connectivity index (χ0v) is 17.5. The van der Waals surface area contributed by atoms with Crippen LogP contribution in [0.2, 0.25) is 5.02 Å². The number of H-pyrrole nitrogens is 1. The largest absolute Gasteiger partial charge is 0.372 e. The zero-order chi connectivity index (χ0) is 20.5. The quantitative estimate of drug-likeness (QED) is 0.502. The fraction of sp³-hybridized carbons (Fsp3) is 0.368. The smallest absolute Gasteiger partial charge is 0.262 e. The molecule has 1 amide bonds. The molecule has 1 aliphatic heterocycles. The maximum atomic E-state index is 12.6. The Balaban J connectivity index is 1.56. The third-order valence-corrected chi connectivity index (χ3v) is 5.67. The van der Waals surface area contributed by atoms with E-state index in [0.29, 0.717) is 40.0 Å². The lowest BCUT2D eigenvalue weighted by Crippen LogP contribution is -2.48. The van der Waals surface area contributed by atoms with Gasteiger partial charge in [0, 0.05) is 18.1 Å². The summed E-state index contributed by atoms with van der Waals surface area (Å²) in [6.45, 7) is 5.03. The second-order valence-corrected chi connectivity index (χ2v) is 8.39. The first kappa shape index (κ1) is 19.9. The topological polar surface area (TPSA) is 93.1 Å². The zero-order valence-electron chi connectivity index (χ0n) is 16.0. The number of rotatable bonds is 4. The van der Waals surface area contributed by atoms with E-state index in [1.54, 1.807) is 27.8 Å². The number of halogens is 1. The molecule has 2 aromatic heterocycles. The number of benzene rings is 1. The van der Waals surface area contributed by atoms with Gasteiger partial charge < -0.3 is 14.6 Å². The van der Waals surface area contributed by atoms with Gasteiger partial charge in [0.25, 0.3) is 5.56 Å². The van der Waals surface area contributed by atoms with E-state index in [9.17, 15) is 9.59 Å². The molecule has 29 heavy (non-hydrogen) atoms. The number of ether oxygens (including phenoxy) is 1. The number of carbonyl (C=O) groups excluding carboxylic acids is 1. The van der Waals surface area contributed by atoms with E-state index >= 15 is 0 Å². The second kappa shape index (κ2) is 8.17. The first-order valence-corrected chi connectivity index (χ1v) is 10.6. The van der Waals surface area contributed by atoms with Gasteiger partial charge in [-0.3, -0.25) is 9.59 Å². The van der Waals surface area contributed by atoms with Crippen LogP contribution < -0.4 is 5.56 Å². The van der Waals surface area contributed by atoms with Crippen LogP contribution in [-0.4, -0.2) is 61.6 Å². The Labute approximate surface area is 176 Å². The molecule has 1 fully saturated rings. The number of aromatic amines is 1. The van der Waals surface area contributed by atoms with Gasteiger partial charge in [-0.1, -0.05) is 29.4 Å². The van der Waals surface area contributed by atoms with Crippen molar-refractivity contribution in [3.8, 4) is 5.69 Å². The number of fused-ring (bicyclic) bond motifs is 1. The summed E-state index contributed by atoms with van der Waals surface area (Å²) in [6.07, 6.45) is 1.49. The van der Waals surface area contributed by atoms with Gasteiger partial charge in [0.1, 0.15) is 5.39 Å². The van der Waals surface area contributed by atoms with Crippen LogP contribution in [0.3, 0.4) is 0 Å². The average molecular weight is 434 g/mol. The predicted octanol–water partition coefficient (Wildman–Crippen LogP) is 2.49. The van der Waals surface area contributed by atoms with Crippen LogP contribution in [0, 0.1) is 0 Å². The van der Waals surface area contributed by atoms with Crippen LogP contribution in [0.25, 0.3) is 16.7 Å². The molecule has 8 nitrogen and oxygen atoms in total. The number of hydrogen-bond donors (Lipinski definition) is 1. The lowest BCUT2D eigenvalue weighted by Gasteiger charge is -2.35. The molecule has 1 saturated heterocycles. The minimum atomic E-state index is -0.299. The van der Waals surface area contributed by atoms with E-state index in [2.05, 4.69) is 15.1 Å². The lowest BCUT2D eigenvalue weighted by atomic mass is 10.2. The SMILES string of the molecule is C[C@H]1CN(C(=O)CSc2nc3c(cnn3-c3cccc(Cl)c3)c(=O)[nH]2)C[C@H](C)O1. The third kappa shape index (κ3) is 4.31. The summed E-state index contributed by atoms with van der Waals surface area (Å²) in [5, 5.41) is 5.57. The molecular weight excluding hydrogens is 414 g/mol. The Morgan fingerprint density at radius 1 is 1.34 bits per heavy atom. The highest BCUT2D eigenvalue weighted by atomic mass is 35.5. The minimum absolute atomic E-state index is 0.00836. The fourth-order valence-corrected chi connectivity index (χ4v) is 4.31. The molecule has 4 rings (SSSR count). The predicted molar refractivity (Wildman–Crippen MR) is 112 cm³/mol. The number of aromatic nitrogens is 4. The normalized spacial score (nSPS) is 19.6. The maximum Gasteiger partial charge on any atom is 0.262 e. The van der Waals surface area contributed by atoms with Crippen molar-refractivity contribution in [2.75, 3.05) is 18.8 Å². The molecule has 0 spiro atoms. The van der Waals surface area contributed by atoms with Crippen molar-refractivity contribution in [3.05, 3.63) is 45.8 Å². The molecule has 0 saturated carbocycles. The van der Waals surface area contributed by atoms with Gasteiger partial charge in [0.15, 0.2) is 10.8 Å². The van der Waals surface area contributed by atoms with Gasteiger partial charge in [0.2, 0.25) is 5.91 Å². The van der Waals surface area contributed by atoms with E-state index in [4.69, 9.17) is 16.3 Å². The van der Waals surface area contributed by atoms with E-state index in [1.165, 1.54) is 18.0 Å². The van der Waals surface area contributed by atoms with E-state index in [1.807, 2.05) is 19.9 Å². The molecule has 1 aliphatic rings. The number of nitrogens with zero attached hydrogens (tertiary/aromatic N) is 4. The summed E-state index contributed by atoms with van der Waals surface area (Å²) < 4.78 is 7.23. The molecule has 3 heterocycles. The molecule has 152 valence electrons. The molecular formula is C19H20ClN5O3S. The minimum Gasteiger partial charge on any atom is -0.372 e. The highest BCUT2D eigenvalue weighted by Gasteiger charge is 2.26. The van der Waals surface area contributed by atoms with Gasteiger partial charge in [-0.2, -0.15) is 5.10 Å². The number of hydrogen-bond acceptors (Lipinski definition) is 6. The van der Waals surface area contributed by atoms with Crippen LogP contribution in [0.15, 0.2) is 40.4 Å². The molecule has 0 unspecified atom stereocenters. The van der Waals surface area contributed by atoms with E-state index in [-0.39, 0.29) is 29.4 Å². The van der Waals surface area contributed by atoms with E-state index < -0.39 is 0 Å². The van der Waals surface area contributed by atoms with Crippen LogP contribution in [-0.2, 0) is 9.53 Å². The van der Waals surface area contributed by atoms with Crippen LogP contribution in [0.4, 0.5) is 0 Å². The van der Waals surface area contributed by atoms with Crippen molar-refractivity contribution in [2.45, 2.75) is 31.2 Å². The van der Waals surface area contributed by atoms with Crippen molar-refractivity contribution < 1.29 is 9.53 Å². The molecule has 10 heteroatoms. The first-order valence-electron chi connectivity index (χ1n) is 9.20. The standard InChI is InChI=1S/C19H20ClN5O3S/c1-11-8-24(9-12(2)28-11)16(26)10-29-19-22-17-15(18(27)23-19)7-21-25(17)14-5-3-4-13(20)6-14/h3-7,11-12H,8-10H2,1-2H3,(H,22,23,27)/t11-,12-/m0/s1. The second-order valence-electron chi connectivity index (χ2n) is 6.99. The molecule has 0 aliphatic carbocycles. The summed E-state index contributed by atoms with van der Waals surface area (Å²) >= 11 is 7.27. The summed E-state index contributed by atoms with van der Waals surface area (Å²) in [4.78, 5) is 34.1. The van der Waals surface area contributed by atoms with Crippen LogP contribution >= 0.6 is 23.4 Å². The molecule has 1 aromatic carbocycles. The molecule has 3 aromatic rings.